The Hall–Kier alpha value is -2.18. The van der Waals surface area contributed by atoms with E-state index in [0.717, 1.165) is 24.9 Å². The molecular weight excluding hydrogens is 338 g/mol. The number of hydrogen-bond donors (Lipinski definition) is 2. The molecule has 6 heteroatoms. The minimum atomic E-state index is -2.84. The third-order valence-corrected chi connectivity index (χ3v) is 4.65. The summed E-state index contributed by atoms with van der Waals surface area (Å²) in [6.07, 6.45) is 2.13. The fourth-order valence-corrected chi connectivity index (χ4v) is 3.43. The Morgan fingerprint density at radius 2 is 2.00 bits per heavy atom. The summed E-state index contributed by atoms with van der Waals surface area (Å²) in [5, 5.41) is 7.13. The van der Waals surface area contributed by atoms with Gasteiger partial charge in [0.2, 0.25) is 0 Å². The Bertz CT molecular complexity index is 697. The van der Waals surface area contributed by atoms with Crippen molar-refractivity contribution in [2.24, 2.45) is 0 Å². The van der Waals surface area contributed by atoms with Crippen LogP contribution in [-0.2, 0) is 6.54 Å². The van der Waals surface area contributed by atoms with E-state index in [4.69, 9.17) is 4.74 Å². The van der Waals surface area contributed by atoms with Gasteiger partial charge in [-0.1, -0.05) is 30.3 Å². The highest BCUT2D eigenvalue weighted by Gasteiger charge is 2.25. The van der Waals surface area contributed by atoms with Crippen molar-refractivity contribution in [1.29, 1.82) is 0 Å². The maximum atomic E-state index is 12.5. The molecule has 3 rings (SSSR count). The maximum absolute atomic E-state index is 12.5. The molecule has 1 saturated heterocycles. The second kappa shape index (κ2) is 8.96. The standard InChI is InChI=1S/C20H24F2N2O2/c1-25-18-10-9-16(26-20(21)22)12-15(18)13-24-17-8-5-11-23-19(17)14-6-3-2-4-7-14/h2-4,6-7,9-10,12,17,19-20,23-24H,5,8,11,13H2,1H3. The first kappa shape index (κ1) is 18.6. The summed E-state index contributed by atoms with van der Waals surface area (Å²) in [5.74, 6) is 0.790. The number of piperidine rings is 1. The zero-order valence-corrected chi connectivity index (χ0v) is 14.8. The van der Waals surface area contributed by atoms with E-state index in [2.05, 4.69) is 27.5 Å². The summed E-state index contributed by atoms with van der Waals surface area (Å²) < 4.78 is 34.8. The Kier molecular flexibility index (Phi) is 6.41. The molecular formula is C20H24F2N2O2. The Morgan fingerprint density at radius 1 is 1.19 bits per heavy atom. The molecule has 0 aliphatic carbocycles. The molecule has 1 fully saturated rings. The van der Waals surface area contributed by atoms with Crippen LogP contribution in [0, 0.1) is 0 Å². The van der Waals surface area contributed by atoms with Crippen molar-refractivity contribution in [3.8, 4) is 11.5 Å². The van der Waals surface area contributed by atoms with Crippen LogP contribution in [-0.4, -0.2) is 26.3 Å². The molecule has 2 unspecified atom stereocenters. The molecule has 1 aliphatic heterocycles. The van der Waals surface area contributed by atoms with Crippen molar-refractivity contribution in [1.82, 2.24) is 10.6 Å². The lowest BCUT2D eigenvalue weighted by atomic mass is 9.92. The Balaban J connectivity index is 1.72. The average Bonchev–Trinajstić information content (AvgIpc) is 2.67. The van der Waals surface area contributed by atoms with Gasteiger partial charge < -0.3 is 20.1 Å². The summed E-state index contributed by atoms with van der Waals surface area (Å²) in [6, 6.07) is 15.5. The fourth-order valence-electron chi connectivity index (χ4n) is 3.43. The van der Waals surface area contributed by atoms with Gasteiger partial charge >= 0.3 is 6.61 Å². The normalized spacial score (nSPS) is 20.2. The molecule has 26 heavy (non-hydrogen) atoms. The van der Waals surface area contributed by atoms with Gasteiger partial charge in [-0.3, -0.25) is 0 Å². The smallest absolute Gasteiger partial charge is 0.387 e. The lowest BCUT2D eigenvalue weighted by Gasteiger charge is -2.34. The predicted molar refractivity (Wildman–Crippen MR) is 96.7 cm³/mol. The van der Waals surface area contributed by atoms with Crippen molar-refractivity contribution in [3.63, 3.8) is 0 Å². The van der Waals surface area contributed by atoms with Gasteiger partial charge in [0.1, 0.15) is 11.5 Å². The van der Waals surface area contributed by atoms with Crippen molar-refractivity contribution in [3.05, 3.63) is 59.7 Å². The molecule has 0 spiro atoms. The van der Waals surface area contributed by atoms with E-state index in [1.54, 1.807) is 19.2 Å². The monoisotopic (exact) mass is 362 g/mol. The van der Waals surface area contributed by atoms with Crippen molar-refractivity contribution >= 4 is 0 Å². The molecule has 0 radical (unpaired) electrons. The molecule has 2 N–H and O–H groups in total. The molecule has 2 aromatic carbocycles. The lowest BCUT2D eigenvalue weighted by Crippen LogP contribution is -2.45. The van der Waals surface area contributed by atoms with E-state index >= 15 is 0 Å². The van der Waals surface area contributed by atoms with E-state index in [1.165, 1.54) is 11.6 Å². The number of ether oxygens (including phenoxy) is 2. The number of methoxy groups -OCH3 is 1. The number of halogens is 2. The average molecular weight is 362 g/mol. The molecule has 0 amide bonds. The molecule has 2 aromatic rings. The highest BCUT2D eigenvalue weighted by molar-refractivity contribution is 5.40. The van der Waals surface area contributed by atoms with Crippen LogP contribution < -0.4 is 20.1 Å². The van der Waals surface area contributed by atoms with Gasteiger partial charge in [-0.25, -0.2) is 0 Å². The van der Waals surface area contributed by atoms with E-state index < -0.39 is 6.61 Å². The van der Waals surface area contributed by atoms with Crippen LogP contribution in [0.5, 0.6) is 11.5 Å². The zero-order chi connectivity index (χ0) is 18.4. The number of rotatable bonds is 7. The van der Waals surface area contributed by atoms with Gasteiger partial charge in [0.15, 0.2) is 0 Å². The quantitative estimate of drug-likeness (QED) is 0.784. The minimum Gasteiger partial charge on any atom is -0.496 e. The number of hydrogen-bond acceptors (Lipinski definition) is 4. The third kappa shape index (κ3) is 4.71. The summed E-state index contributed by atoms with van der Waals surface area (Å²) >= 11 is 0. The topological polar surface area (TPSA) is 42.5 Å². The summed E-state index contributed by atoms with van der Waals surface area (Å²) in [6.45, 7) is -1.34. The third-order valence-electron chi connectivity index (χ3n) is 4.65. The van der Waals surface area contributed by atoms with Crippen LogP contribution in [0.2, 0.25) is 0 Å². The molecule has 4 nitrogen and oxygen atoms in total. The lowest BCUT2D eigenvalue weighted by molar-refractivity contribution is -0.0499. The van der Waals surface area contributed by atoms with E-state index in [-0.39, 0.29) is 17.8 Å². The second-order valence-corrected chi connectivity index (χ2v) is 6.32. The molecule has 1 heterocycles. The highest BCUT2D eigenvalue weighted by atomic mass is 19.3. The van der Waals surface area contributed by atoms with Crippen LogP contribution in [0.4, 0.5) is 8.78 Å². The number of nitrogens with one attached hydrogen (secondary N) is 2. The Labute approximate surface area is 152 Å². The van der Waals surface area contributed by atoms with Gasteiger partial charge in [0.25, 0.3) is 0 Å². The Morgan fingerprint density at radius 3 is 2.73 bits per heavy atom. The van der Waals surface area contributed by atoms with Gasteiger partial charge in [0, 0.05) is 24.2 Å². The van der Waals surface area contributed by atoms with Crippen LogP contribution in [0.3, 0.4) is 0 Å². The number of benzene rings is 2. The minimum absolute atomic E-state index is 0.138. The SMILES string of the molecule is COc1ccc(OC(F)F)cc1CNC1CCCNC1c1ccccc1. The number of alkyl halides is 2. The largest absolute Gasteiger partial charge is 0.496 e. The first-order valence-electron chi connectivity index (χ1n) is 8.81. The molecule has 0 aromatic heterocycles. The van der Waals surface area contributed by atoms with Gasteiger partial charge in [-0.05, 0) is 43.1 Å². The predicted octanol–water partition coefficient (Wildman–Crippen LogP) is 3.88. The first-order valence-corrected chi connectivity index (χ1v) is 8.81. The van der Waals surface area contributed by atoms with Gasteiger partial charge in [-0.15, -0.1) is 0 Å². The van der Waals surface area contributed by atoms with Gasteiger partial charge in [0.05, 0.1) is 7.11 Å². The molecule has 2 atom stereocenters. The zero-order valence-electron chi connectivity index (χ0n) is 14.8. The maximum Gasteiger partial charge on any atom is 0.387 e. The van der Waals surface area contributed by atoms with Crippen LogP contribution >= 0.6 is 0 Å². The molecule has 1 aliphatic rings. The highest BCUT2D eigenvalue weighted by Crippen LogP contribution is 2.27. The second-order valence-electron chi connectivity index (χ2n) is 6.32. The van der Waals surface area contributed by atoms with E-state index in [9.17, 15) is 8.78 Å². The summed E-state index contributed by atoms with van der Waals surface area (Å²) in [7, 11) is 1.57. The van der Waals surface area contributed by atoms with E-state index in [0.29, 0.717) is 12.3 Å². The van der Waals surface area contributed by atoms with E-state index in [1.807, 2.05) is 18.2 Å². The van der Waals surface area contributed by atoms with Crippen molar-refractivity contribution in [2.45, 2.75) is 38.1 Å². The van der Waals surface area contributed by atoms with Crippen molar-refractivity contribution in [2.75, 3.05) is 13.7 Å². The molecule has 0 bridgehead atoms. The molecule has 140 valence electrons. The fraction of sp³-hybridized carbons (Fsp3) is 0.400. The van der Waals surface area contributed by atoms with Crippen LogP contribution in [0.25, 0.3) is 0 Å². The molecule has 0 saturated carbocycles. The summed E-state index contributed by atoms with van der Waals surface area (Å²) in [4.78, 5) is 0. The van der Waals surface area contributed by atoms with Gasteiger partial charge in [-0.2, -0.15) is 8.78 Å². The first-order chi connectivity index (χ1) is 12.7. The van der Waals surface area contributed by atoms with Crippen LogP contribution in [0.15, 0.2) is 48.5 Å². The van der Waals surface area contributed by atoms with Crippen LogP contribution in [0.1, 0.15) is 30.0 Å². The summed E-state index contributed by atoms with van der Waals surface area (Å²) in [5.41, 5.74) is 2.04. The van der Waals surface area contributed by atoms with Crippen molar-refractivity contribution < 1.29 is 18.3 Å².